The fourth-order valence-corrected chi connectivity index (χ4v) is 2.15. The zero-order valence-electron chi connectivity index (χ0n) is 10.8. The number of hydrogen-bond donors (Lipinski definition) is 2. The lowest BCUT2D eigenvalue weighted by Crippen LogP contribution is -2.63. The molecule has 3 unspecified atom stereocenters. The largest absolute Gasteiger partial charge is 0.415 e. The summed E-state index contributed by atoms with van der Waals surface area (Å²) in [5.74, 6) is -0.936. The van der Waals surface area contributed by atoms with Gasteiger partial charge in [-0.25, -0.2) is 0 Å². The van der Waals surface area contributed by atoms with Crippen molar-refractivity contribution in [2.45, 2.75) is 63.7 Å². The second-order valence-electron chi connectivity index (χ2n) is 5.40. The predicted molar refractivity (Wildman–Crippen MR) is 62.8 cm³/mol. The van der Waals surface area contributed by atoms with Crippen LogP contribution in [0.25, 0.3) is 0 Å². The first-order valence-corrected chi connectivity index (χ1v) is 6.33. The molecule has 1 aliphatic carbocycles. The van der Waals surface area contributed by atoms with Crippen LogP contribution in [0.5, 0.6) is 0 Å². The van der Waals surface area contributed by atoms with Crippen molar-refractivity contribution >= 4 is 5.91 Å². The Morgan fingerprint density at radius 3 is 2.33 bits per heavy atom. The molecule has 3 atom stereocenters. The fourth-order valence-electron chi connectivity index (χ4n) is 2.15. The van der Waals surface area contributed by atoms with Crippen LogP contribution < -0.4 is 11.1 Å². The summed E-state index contributed by atoms with van der Waals surface area (Å²) in [6.07, 6.45) is -0.0185. The lowest BCUT2D eigenvalue weighted by atomic mass is 9.94. The van der Waals surface area contributed by atoms with Gasteiger partial charge in [0.15, 0.2) is 5.54 Å². The number of amides is 1. The molecule has 0 heterocycles. The number of carbonyl (C=O) groups excluding carboxylic acids is 1. The zero-order chi connectivity index (χ0) is 14.0. The van der Waals surface area contributed by atoms with Crippen LogP contribution in [0.2, 0.25) is 0 Å². The van der Waals surface area contributed by atoms with Crippen molar-refractivity contribution in [2.75, 3.05) is 0 Å². The van der Waals surface area contributed by atoms with Gasteiger partial charge in [0.25, 0.3) is 0 Å². The van der Waals surface area contributed by atoms with E-state index in [1.807, 2.05) is 6.92 Å². The van der Waals surface area contributed by atoms with E-state index in [0.29, 0.717) is 6.92 Å². The second kappa shape index (κ2) is 5.47. The summed E-state index contributed by atoms with van der Waals surface area (Å²) in [7, 11) is 0. The smallest absolute Gasteiger partial charge is 0.351 e. The highest BCUT2D eigenvalue weighted by atomic mass is 19.4. The summed E-state index contributed by atoms with van der Waals surface area (Å²) in [5, 5.41) is 2.47. The van der Waals surface area contributed by atoms with Gasteiger partial charge in [-0.2, -0.15) is 13.2 Å². The summed E-state index contributed by atoms with van der Waals surface area (Å²) in [4.78, 5) is 11.7. The number of alkyl halides is 3. The Labute approximate surface area is 105 Å². The van der Waals surface area contributed by atoms with E-state index >= 15 is 0 Å². The molecule has 1 fully saturated rings. The lowest BCUT2D eigenvalue weighted by Gasteiger charge is -2.30. The van der Waals surface area contributed by atoms with Gasteiger partial charge in [0.05, 0.1) is 0 Å². The molecule has 1 amide bonds. The van der Waals surface area contributed by atoms with E-state index in [9.17, 15) is 18.0 Å². The highest BCUT2D eigenvalue weighted by molar-refractivity contribution is 5.86. The third kappa shape index (κ3) is 3.37. The molecule has 3 nitrogen and oxygen atoms in total. The van der Waals surface area contributed by atoms with Gasteiger partial charge in [-0.3, -0.25) is 4.79 Å². The molecule has 18 heavy (non-hydrogen) atoms. The predicted octanol–water partition coefficient (Wildman–Crippen LogP) is 2.35. The van der Waals surface area contributed by atoms with E-state index in [1.165, 1.54) is 0 Å². The molecule has 0 aromatic carbocycles. The number of hydrogen-bond acceptors (Lipinski definition) is 2. The molecule has 0 aromatic rings. The molecule has 0 radical (unpaired) electrons. The first-order valence-electron chi connectivity index (χ1n) is 6.33. The summed E-state index contributed by atoms with van der Waals surface area (Å²) in [6.45, 7) is 2.67. The minimum atomic E-state index is -4.73. The van der Waals surface area contributed by atoms with Crippen LogP contribution in [0.4, 0.5) is 13.2 Å². The number of rotatable bonds is 2. The van der Waals surface area contributed by atoms with Crippen LogP contribution in [0.15, 0.2) is 0 Å². The van der Waals surface area contributed by atoms with Crippen molar-refractivity contribution in [3.63, 3.8) is 0 Å². The average Bonchev–Trinajstić information content (AvgIpc) is 2.42. The highest BCUT2D eigenvalue weighted by Crippen LogP contribution is 2.29. The number of halogens is 3. The maximum atomic E-state index is 12.6. The molecule has 0 bridgehead atoms. The van der Waals surface area contributed by atoms with Crippen LogP contribution in [-0.4, -0.2) is 23.7 Å². The Hall–Kier alpha value is -0.780. The van der Waals surface area contributed by atoms with Crippen LogP contribution in [-0.2, 0) is 4.79 Å². The van der Waals surface area contributed by atoms with Gasteiger partial charge in [0.2, 0.25) is 5.91 Å². The van der Waals surface area contributed by atoms with Gasteiger partial charge < -0.3 is 11.1 Å². The maximum absolute atomic E-state index is 12.6. The molecule has 0 aliphatic heterocycles. The molecular formula is C12H21F3N2O. The van der Waals surface area contributed by atoms with Gasteiger partial charge in [0.1, 0.15) is 0 Å². The van der Waals surface area contributed by atoms with Crippen molar-refractivity contribution in [1.29, 1.82) is 0 Å². The number of carbonyl (C=O) groups is 1. The van der Waals surface area contributed by atoms with Crippen molar-refractivity contribution < 1.29 is 18.0 Å². The van der Waals surface area contributed by atoms with Gasteiger partial charge in [-0.05, 0) is 25.7 Å². The molecule has 1 saturated carbocycles. The monoisotopic (exact) mass is 266 g/mol. The molecular weight excluding hydrogens is 245 g/mol. The SMILES string of the molecule is CC1CCCCCC1NC(=O)C(C)(N)C(F)(F)F. The van der Waals surface area contributed by atoms with E-state index in [1.54, 1.807) is 0 Å². The minimum Gasteiger partial charge on any atom is -0.351 e. The Balaban J connectivity index is 2.68. The fraction of sp³-hybridized carbons (Fsp3) is 0.917. The normalized spacial score (nSPS) is 29.2. The van der Waals surface area contributed by atoms with Gasteiger partial charge in [0, 0.05) is 6.04 Å². The van der Waals surface area contributed by atoms with E-state index in [2.05, 4.69) is 5.32 Å². The first kappa shape index (κ1) is 15.3. The van der Waals surface area contributed by atoms with E-state index in [4.69, 9.17) is 5.73 Å². The van der Waals surface area contributed by atoms with Gasteiger partial charge in [-0.15, -0.1) is 0 Å². The van der Waals surface area contributed by atoms with Crippen molar-refractivity contribution in [1.82, 2.24) is 5.32 Å². The second-order valence-corrected chi connectivity index (χ2v) is 5.40. The number of nitrogens with two attached hydrogens (primary N) is 1. The van der Waals surface area contributed by atoms with Crippen LogP contribution in [0.1, 0.15) is 46.0 Å². The van der Waals surface area contributed by atoms with Gasteiger partial charge >= 0.3 is 6.18 Å². The van der Waals surface area contributed by atoms with E-state index in [0.717, 1.165) is 32.1 Å². The number of nitrogens with one attached hydrogen (secondary N) is 1. The van der Waals surface area contributed by atoms with Crippen LogP contribution in [0, 0.1) is 5.92 Å². The highest BCUT2D eigenvalue weighted by Gasteiger charge is 2.54. The third-order valence-electron chi connectivity index (χ3n) is 3.74. The minimum absolute atomic E-state index is 0.195. The quantitative estimate of drug-likeness (QED) is 0.754. The zero-order valence-corrected chi connectivity index (χ0v) is 10.8. The molecule has 1 aliphatic rings. The summed E-state index contributed by atoms with van der Waals surface area (Å²) < 4.78 is 37.9. The molecule has 1 rings (SSSR count). The molecule has 106 valence electrons. The van der Waals surface area contributed by atoms with Crippen LogP contribution in [0.3, 0.4) is 0 Å². The Kier molecular flexibility index (Phi) is 4.64. The topological polar surface area (TPSA) is 55.1 Å². The molecule has 0 saturated heterocycles. The molecule has 0 aromatic heterocycles. The molecule has 3 N–H and O–H groups in total. The van der Waals surface area contributed by atoms with Crippen LogP contribution >= 0.6 is 0 Å². The molecule has 0 spiro atoms. The Morgan fingerprint density at radius 1 is 1.22 bits per heavy atom. The maximum Gasteiger partial charge on any atom is 0.415 e. The van der Waals surface area contributed by atoms with E-state index in [-0.39, 0.29) is 12.0 Å². The Bertz CT molecular complexity index is 302. The first-order chi connectivity index (χ1) is 8.16. The summed E-state index contributed by atoms with van der Waals surface area (Å²) >= 11 is 0. The lowest BCUT2D eigenvalue weighted by molar-refractivity contribution is -0.188. The average molecular weight is 266 g/mol. The van der Waals surface area contributed by atoms with E-state index < -0.39 is 17.6 Å². The third-order valence-corrected chi connectivity index (χ3v) is 3.74. The van der Waals surface area contributed by atoms with Crippen molar-refractivity contribution in [2.24, 2.45) is 11.7 Å². The van der Waals surface area contributed by atoms with Crippen molar-refractivity contribution in [3.8, 4) is 0 Å². The summed E-state index contributed by atoms with van der Waals surface area (Å²) in [5.41, 5.74) is 2.28. The summed E-state index contributed by atoms with van der Waals surface area (Å²) in [6, 6.07) is -0.203. The Morgan fingerprint density at radius 2 is 1.78 bits per heavy atom. The van der Waals surface area contributed by atoms with Crippen molar-refractivity contribution in [3.05, 3.63) is 0 Å². The standard InChI is InChI=1S/C12H21F3N2O/c1-8-6-4-3-5-7-9(8)17-10(18)11(2,16)12(13,14)15/h8-9H,3-7,16H2,1-2H3,(H,17,18). The molecule has 6 heteroatoms. The van der Waals surface area contributed by atoms with Gasteiger partial charge in [-0.1, -0.05) is 26.2 Å².